The summed E-state index contributed by atoms with van der Waals surface area (Å²) in [6, 6.07) is 0.282. The Bertz CT molecular complexity index is 475. The third kappa shape index (κ3) is 2.95. The summed E-state index contributed by atoms with van der Waals surface area (Å²) in [4.78, 5) is 14.2. The smallest absolute Gasteiger partial charge is 0.419 e. The lowest BCUT2D eigenvalue weighted by molar-refractivity contribution is -0.138. The van der Waals surface area contributed by atoms with Crippen molar-refractivity contribution in [2.24, 2.45) is 0 Å². The zero-order valence-corrected chi connectivity index (χ0v) is 10.3. The fraction of sp³-hybridized carbons (Fsp3) is 0.333. The number of hydrogen-bond donors (Lipinski definition) is 0. The highest BCUT2D eigenvalue weighted by Gasteiger charge is 2.36. The molecule has 18 heavy (non-hydrogen) atoms. The SMILES string of the molecule is COC(=O)c1cc(C(F)(F)F)c(Br)nc1C(F)F. The number of carbonyl (C=O) groups excluding carboxylic acids is 1. The van der Waals surface area contributed by atoms with Gasteiger partial charge in [-0.1, -0.05) is 0 Å². The standard InChI is InChI=1S/C9H5BrF5NO2/c1-18-8(17)3-2-4(9(13,14)15)6(10)16-5(3)7(11)12/h2,7H,1H3. The fourth-order valence-corrected chi connectivity index (χ4v) is 1.67. The number of esters is 1. The summed E-state index contributed by atoms with van der Waals surface area (Å²) in [5.74, 6) is -1.31. The van der Waals surface area contributed by atoms with Gasteiger partial charge in [0.05, 0.1) is 18.2 Å². The van der Waals surface area contributed by atoms with E-state index in [0.29, 0.717) is 0 Å². The van der Waals surface area contributed by atoms with Gasteiger partial charge in [-0.05, 0) is 22.0 Å². The van der Waals surface area contributed by atoms with E-state index in [1.807, 2.05) is 0 Å². The third-order valence-corrected chi connectivity index (χ3v) is 2.53. The molecule has 3 nitrogen and oxygen atoms in total. The maximum absolute atomic E-state index is 12.6. The van der Waals surface area contributed by atoms with E-state index < -0.39 is 40.0 Å². The topological polar surface area (TPSA) is 39.2 Å². The molecule has 0 fully saturated rings. The van der Waals surface area contributed by atoms with Crippen LogP contribution < -0.4 is 0 Å². The Morgan fingerprint density at radius 2 is 2.00 bits per heavy atom. The van der Waals surface area contributed by atoms with Crippen LogP contribution in [0.2, 0.25) is 0 Å². The molecule has 0 bridgehead atoms. The lowest BCUT2D eigenvalue weighted by Gasteiger charge is -2.13. The van der Waals surface area contributed by atoms with E-state index in [0.717, 1.165) is 7.11 Å². The normalized spacial score (nSPS) is 11.8. The first kappa shape index (κ1) is 14.8. The summed E-state index contributed by atoms with van der Waals surface area (Å²) in [7, 11) is 0.868. The van der Waals surface area contributed by atoms with E-state index in [-0.39, 0.29) is 6.07 Å². The molecule has 0 aromatic carbocycles. The summed E-state index contributed by atoms with van der Waals surface area (Å²) in [6.45, 7) is 0. The summed E-state index contributed by atoms with van der Waals surface area (Å²) in [5, 5.41) is 0. The summed E-state index contributed by atoms with van der Waals surface area (Å²) in [5.41, 5.74) is -3.31. The molecule has 0 aliphatic heterocycles. The first-order valence-corrected chi connectivity index (χ1v) is 5.12. The lowest BCUT2D eigenvalue weighted by atomic mass is 10.1. The van der Waals surface area contributed by atoms with Crippen LogP contribution in [-0.4, -0.2) is 18.1 Å². The highest BCUT2D eigenvalue weighted by atomic mass is 79.9. The van der Waals surface area contributed by atoms with Gasteiger partial charge in [-0.3, -0.25) is 0 Å². The molecular weight excluding hydrogens is 329 g/mol. The van der Waals surface area contributed by atoms with Gasteiger partial charge in [0, 0.05) is 0 Å². The minimum absolute atomic E-state index is 0.282. The van der Waals surface area contributed by atoms with E-state index >= 15 is 0 Å². The fourth-order valence-electron chi connectivity index (χ4n) is 1.14. The maximum atomic E-state index is 12.6. The average molecular weight is 334 g/mol. The summed E-state index contributed by atoms with van der Waals surface area (Å²) < 4.78 is 66.0. The number of methoxy groups -OCH3 is 1. The van der Waals surface area contributed by atoms with Crippen LogP contribution in [0.3, 0.4) is 0 Å². The second-order valence-corrected chi connectivity index (χ2v) is 3.80. The molecular formula is C9H5BrF5NO2. The van der Waals surface area contributed by atoms with Crippen LogP contribution in [0.25, 0.3) is 0 Å². The first-order chi connectivity index (χ1) is 8.18. The van der Waals surface area contributed by atoms with Crippen molar-refractivity contribution in [3.8, 4) is 0 Å². The van der Waals surface area contributed by atoms with E-state index in [9.17, 15) is 26.7 Å². The van der Waals surface area contributed by atoms with Crippen molar-refractivity contribution in [3.05, 3.63) is 27.5 Å². The predicted molar refractivity (Wildman–Crippen MR) is 53.2 cm³/mol. The van der Waals surface area contributed by atoms with Crippen molar-refractivity contribution in [3.63, 3.8) is 0 Å². The number of pyridine rings is 1. The number of alkyl halides is 5. The van der Waals surface area contributed by atoms with Gasteiger partial charge in [0.25, 0.3) is 6.43 Å². The monoisotopic (exact) mass is 333 g/mol. The molecule has 0 N–H and O–H groups in total. The number of hydrogen-bond acceptors (Lipinski definition) is 3. The second-order valence-electron chi connectivity index (χ2n) is 3.05. The largest absolute Gasteiger partial charge is 0.465 e. The quantitative estimate of drug-likeness (QED) is 0.471. The Morgan fingerprint density at radius 3 is 2.39 bits per heavy atom. The molecule has 0 unspecified atom stereocenters. The van der Waals surface area contributed by atoms with Gasteiger partial charge in [-0.25, -0.2) is 18.6 Å². The molecule has 0 saturated carbocycles. The maximum Gasteiger partial charge on any atom is 0.419 e. The Hall–Kier alpha value is -1.25. The predicted octanol–water partition coefficient (Wildman–Crippen LogP) is 3.59. The highest BCUT2D eigenvalue weighted by Crippen LogP contribution is 2.36. The molecule has 0 saturated heterocycles. The van der Waals surface area contributed by atoms with Gasteiger partial charge < -0.3 is 4.74 Å². The lowest BCUT2D eigenvalue weighted by Crippen LogP contribution is -2.14. The van der Waals surface area contributed by atoms with E-state index in [1.165, 1.54) is 0 Å². The van der Waals surface area contributed by atoms with Crippen molar-refractivity contribution in [1.82, 2.24) is 4.98 Å². The van der Waals surface area contributed by atoms with E-state index in [2.05, 4.69) is 25.7 Å². The minimum atomic E-state index is -4.82. The number of aromatic nitrogens is 1. The summed E-state index contributed by atoms with van der Waals surface area (Å²) in [6.07, 6.45) is -8.02. The second kappa shape index (κ2) is 5.17. The molecule has 1 heterocycles. The van der Waals surface area contributed by atoms with Crippen LogP contribution in [0.1, 0.15) is 28.0 Å². The van der Waals surface area contributed by atoms with Crippen molar-refractivity contribution >= 4 is 21.9 Å². The van der Waals surface area contributed by atoms with E-state index in [4.69, 9.17) is 0 Å². The Balaban J connectivity index is 3.50. The third-order valence-electron chi connectivity index (χ3n) is 1.92. The Kier molecular flexibility index (Phi) is 4.25. The van der Waals surface area contributed by atoms with Gasteiger partial charge in [-0.15, -0.1) is 0 Å². The van der Waals surface area contributed by atoms with Crippen LogP contribution >= 0.6 is 15.9 Å². The van der Waals surface area contributed by atoms with Crippen LogP contribution in [0.4, 0.5) is 22.0 Å². The minimum Gasteiger partial charge on any atom is -0.465 e. The highest BCUT2D eigenvalue weighted by molar-refractivity contribution is 9.10. The number of nitrogens with zero attached hydrogens (tertiary/aromatic N) is 1. The zero-order valence-electron chi connectivity index (χ0n) is 8.69. The molecule has 0 atom stereocenters. The first-order valence-electron chi connectivity index (χ1n) is 4.32. The van der Waals surface area contributed by atoms with Crippen LogP contribution in [-0.2, 0) is 10.9 Å². The van der Waals surface area contributed by atoms with E-state index in [1.54, 1.807) is 0 Å². The molecule has 1 aromatic rings. The number of carbonyl (C=O) groups is 1. The van der Waals surface area contributed by atoms with Gasteiger partial charge in [0.2, 0.25) is 0 Å². The van der Waals surface area contributed by atoms with Crippen LogP contribution in [0.5, 0.6) is 0 Å². The molecule has 0 radical (unpaired) electrons. The molecule has 0 aliphatic carbocycles. The Morgan fingerprint density at radius 1 is 1.44 bits per heavy atom. The number of rotatable bonds is 2. The number of ether oxygens (including phenoxy) is 1. The van der Waals surface area contributed by atoms with Crippen molar-refractivity contribution in [2.45, 2.75) is 12.6 Å². The van der Waals surface area contributed by atoms with Crippen molar-refractivity contribution in [2.75, 3.05) is 7.11 Å². The molecule has 9 heteroatoms. The molecule has 1 aromatic heterocycles. The average Bonchev–Trinajstić information content (AvgIpc) is 2.25. The molecule has 100 valence electrons. The zero-order chi connectivity index (χ0) is 14.1. The van der Waals surface area contributed by atoms with Gasteiger partial charge in [-0.2, -0.15) is 13.2 Å². The van der Waals surface area contributed by atoms with Gasteiger partial charge in [0.15, 0.2) is 0 Å². The van der Waals surface area contributed by atoms with Gasteiger partial charge in [0.1, 0.15) is 10.3 Å². The van der Waals surface area contributed by atoms with Crippen LogP contribution in [0, 0.1) is 0 Å². The molecule has 0 aliphatic rings. The van der Waals surface area contributed by atoms with Crippen molar-refractivity contribution in [1.29, 1.82) is 0 Å². The van der Waals surface area contributed by atoms with Gasteiger partial charge >= 0.3 is 12.1 Å². The summed E-state index contributed by atoms with van der Waals surface area (Å²) >= 11 is 2.44. The molecule has 0 amide bonds. The van der Waals surface area contributed by atoms with Crippen molar-refractivity contribution < 1.29 is 31.5 Å². The molecule has 1 rings (SSSR count). The molecule has 0 spiro atoms. The Labute approximate surface area is 106 Å². The number of halogens is 6. The van der Waals surface area contributed by atoms with Crippen LogP contribution in [0.15, 0.2) is 10.7 Å².